The molecule has 72 valence electrons. The molecule has 0 bridgehead atoms. The first-order valence-corrected chi connectivity index (χ1v) is 4.81. The van der Waals surface area contributed by atoms with Gasteiger partial charge in [0.1, 0.15) is 0 Å². The van der Waals surface area contributed by atoms with E-state index in [4.69, 9.17) is 0 Å². The summed E-state index contributed by atoms with van der Waals surface area (Å²) in [5.74, 6) is 0. The number of hydrogen-bond acceptors (Lipinski definition) is 0. The zero-order valence-corrected chi connectivity index (χ0v) is 9.17. The van der Waals surface area contributed by atoms with Crippen molar-refractivity contribution in [1.82, 2.24) is 0 Å². The second kappa shape index (κ2) is 7.60. The molecule has 0 nitrogen and oxygen atoms in total. The highest BCUT2D eigenvalue weighted by atomic mass is 14.0. The first-order valence-electron chi connectivity index (χ1n) is 4.81. The highest BCUT2D eigenvalue weighted by Crippen LogP contribution is 2.11. The molecule has 0 amide bonds. The first-order chi connectivity index (χ1) is 6.24. The third-order valence-corrected chi connectivity index (χ3v) is 1.86. The molecule has 0 aliphatic carbocycles. The SMILES string of the molecule is C\C=C/C=C(\C=C/C)C/C(C)=C\C. The minimum Gasteiger partial charge on any atom is -0.0884 e. The van der Waals surface area contributed by atoms with Gasteiger partial charge in [-0.2, -0.15) is 0 Å². The summed E-state index contributed by atoms with van der Waals surface area (Å²) in [6, 6.07) is 0. The molecule has 0 aromatic rings. The zero-order chi connectivity index (χ0) is 10.1. The van der Waals surface area contributed by atoms with Crippen LogP contribution in [0.5, 0.6) is 0 Å². The molecule has 13 heavy (non-hydrogen) atoms. The Morgan fingerprint density at radius 1 is 1.08 bits per heavy atom. The summed E-state index contributed by atoms with van der Waals surface area (Å²) in [7, 11) is 0. The van der Waals surface area contributed by atoms with Crippen LogP contribution in [0.15, 0.2) is 47.6 Å². The molecule has 0 atom stereocenters. The predicted octanol–water partition coefficient (Wildman–Crippen LogP) is 4.42. The molecule has 0 saturated heterocycles. The van der Waals surface area contributed by atoms with E-state index in [9.17, 15) is 0 Å². The summed E-state index contributed by atoms with van der Waals surface area (Å²) >= 11 is 0. The molecule has 0 N–H and O–H groups in total. The van der Waals surface area contributed by atoms with Crippen molar-refractivity contribution < 1.29 is 0 Å². The molecule has 0 aliphatic heterocycles. The Bertz CT molecular complexity index is 237. The van der Waals surface area contributed by atoms with Crippen molar-refractivity contribution >= 4 is 0 Å². The lowest BCUT2D eigenvalue weighted by molar-refractivity contribution is 1.14. The molecule has 0 spiro atoms. The quantitative estimate of drug-likeness (QED) is 0.439. The molecular weight excluding hydrogens is 156 g/mol. The van der Waals surface area contributed by atoms with Gasteiger partial charge in [0.2, 0.25) is 0 Å². The van der Waals surface area contributed by atoms with Crippen LogP contribution >= 0.6 is 0 Å². The molecule has 0 saturated carbocycles. The Labute approximate surface area is 82.4 Å². The van der Waals surface area contributed by atoms with Gasteiger partial charge in [0, 0.05) is 0 Å². The Morgan fingerprint density at radius 2 is 1.77 bits per heavy atom. The largest absolute Gasteiger partial charge is 0.0884 e. The van der Waals surface area contributed by atoms with Crippen LogP contribution in [0.4, 0.5) is 0 Å². The van der Waals surface area contributed by atoms with Crippen LogP contribution < -0.4 is 0 Å². The summed E-state index contributed by atoms with van der Waals surface area (Å²) < 4.78 is 0. The minimum atomic E-state index is 1.05. The molecule has 0 aliphatic rings. The van der Waals surface area contributed by atoms with E-state index < -0.39 is 0 Å². The Balaban J connectivity index is 4.43. The van der Waals surface area contributed by atoms with Crippen molar-refractivity contribution in [3.63, 3.8) is 0 Å². The van der Waals surface area contributed by atoms with Crippen molar-refractivity contribution in [2.75, 3.05) is 0 Å². The van der Waals surface area contributed by atoms with Crippen LogP contribution in [0.1, 0.15) is 34.1 Å². The number of hydrogen-bond donors (Lipinski definition) is 0. The minimum absolute atomic E-state index is 1.05. The molecule has 0 unspecified atom stereocenters. The van der Waals surface area contributed by atoms with Gasteiger partial charge in [0.15, 0.2) is 0 Å². The van der Waals surface area contributed by atoms with E-state index in [1.54, 1.807) is 0 Å². The second-order valence-corrected chi connectivity index (χ2v) is 3.08. The number of allylic oxidation sites excluding steroid dienone is 8. The fourth-order valence-corrected chi connectivity index (χ4v) is 1.03. The smallest absolute Gasteiger partial charge is 0.00701 e. The van der Waals surface area contributed by atoms with E-state index in [1.807, 2.05) is 6.92 Å². The summed E-state index contributed by atoms with van der Waals surface area (Å²) in [5, 5.41) is 0. The lowest BCUT2D eigenvalue weighted by Gasteiger charge is -2.00. The van der Waals surface area contributed by atoms with Crippen LogP contribution in [0.2, 0.25) is 0 Å². The van der Waals surface area contributed by atoms with E-state index in [0.717, 1.165) is 6.42 Å². The lowest BCUT2D eigenvalue weighted by Crippen LogP contribution is -1.80. The van der Waals surface area contributed by atoms with Crippen molar-refractivity contribution in [3.05, 3.63) is 47.6 Å². The van der Waals surface area contributed by atoms with E-state index in [-0.39, 0.29) is 0 Å². The molecule has 0 fully saturated rings. The first kappa shape index (κ1) is 12.0. The maximum Gasteiger partial charge on any atom is -0.00701 e. The summed E-state index contributed by atoms with van der Waals surface area (Å²) in [5.41, 5.74) is 2.77. The molecular formula is C13H20. The second-order valence-electron chi connectivity index (χ2n) is 3.08. The Hall–Kier alpha value is -1.04. The highest BCUT2D eigenvalue weighted by Gasteiger charge is 1.91. The topological polar surface area (TPSA) is 0 Å². The highest BCUT2D eigenvalue weighted by molar-refractivity contribution is 5.27. The summed E-state index contributed by atoms with van der Waals surface area (Å²) in [6.45, 7) is 8.33. The van der Waals surface area contributed by atoms with Gasteiger partial charge in [-0.3, -0.25) is 0 Å². The van der Waals surface area contributed by atoms with E-state index in [2.05, 4.69) is 57.2 Å². The molecule has 0 radical (unpaired) electrons. The average Bonchev–Trinajstić information content (AvgIpc) is 2.14. The number of rotatable bonds is 4. The van der Waals surface area contributed by atoms with Crippen molar-refractivity contribution in [2.24, 2.45) is 0 Å². The maximum absolute atomic E-state index is 2.16. The average molecular weight is 176 g/mol. The third kappa shape index (κ3) is 6.15. The van der Waals surface area contributed by atoms with Gasteiger partial charge < -0.3 is 0 Å². The summed E-state index contributed by atoms with van der Waals surface area (Å²) in [6.07, 6.45) is 13.7. The van der Waals surface area contributed by atoms with Gasteiger partial charge in [0.25, 0.3) is 0 Å². The fourth-order valence-electron chi connectivity index (χ4n) is 1.03. The van der Waals surface area contributed by atoms with Gasteiger partial charge in [-0.25, -0.2) is 0 Å². The van der Waals surface area contributed by atoms with Gasteiger partial charge >= 0.3 is 0 Å². The van der Waals surface area contributed by atoms with E-state index >= 15 is 0 Å². The normalized spacial score (nSPS) is 14.8. The third-order valence-electron chi connectivity index (χ3n) is 1.86. The van der Waals surface area contributed by atoms with E-state index in [0.29, 0.717) is 0 Å². The maximum atomic E-state index is 2.16. The van der Waals surface area contributed by atoms with Crippen LogP contribution in [-0.2, 0) is 0 Å². The van der Waals surface area contributed by atoms with E-state index in [1.165, 1.54) is 11.1 Å². The van der Waals surface area contributed by atoms with Crippen LogP contribution in [0, 0.1) is 0 Å². The zero-order valence-electron chi connectivity index (χ0n) is 9.17. The van der Waals surface area contributed by atoms with Gasteiger partial charge in [0.05, 0.1) is 0 Å². The van der Waals surface area contributed by atoms with Crippen molar-refractivity contribution in [2.45, 2.75) is 34.1 Å². The Morgan fingerprint density at radius 3 is 2.23 bits per heavy atom. The molecule has 0 heteroatoms. The summed E-state index contributed by atoms with van der Waals surface area (Å²) in [4.78, 5) is 0. The van der Waals surface area contributed by atoms with Crippen LogP contribution in [0.3, 0.4) is 0 Å². The lowest BCUT2D eigenvalue weighted by atomic mass is 10.1. The van der Waals surface area contributed by atoms with Crippen LogP contribution in [-0.4, -0.2) is 0 Å². The van der Waals surface area contributed by atoms with Gasteiger partial charge in [-0.1, -0.05) is 42.0 Å². The van der Waals surface area contributed by atoms with Gasteiger partial charge in [-0.05, 0) is 39.7 Å². The predicted molar refractivity (Wildman–Crippen MR) is 61.8 cm³/mol. The molecule has 0 rings (SSSR count). The van der Waals surface area contributed by atoms with Gasteiger partial charge in [-0.15, -0.1) is 0 Å². The molecule has 0 aromatic carbocycles. The monoisotopic (exact) mass is 176 g/mol. The standard InChI is InChI=1S/C13H20/c1-5-8-10-13(9-6-2)11-12(4)7-3/h5-10H,11H2,1-4H3/b8-5-,9-6-,12-7-,13-10+. The molecule has 0 aromatic heterocycles. The van der Waals surface area contributed by atoms with Crippen molar-refractivity contribution in [1.29, 1.82) is 0 Å². The fraction of sp³-hybridized carbons (Fsp3) is 0.385. The molecule has 0 heterocycles. The van der Waals surface area contributed by atoms with Crippen LogP contribution in [0.25, 0.3) is 0 Å². The Kier molecular flexibility index (Phi) is 6.99. The van der Waals surface area contributed by atoms with Crippen molar-refractivity contribution in [3.8, 4) is 0 Å².